The summed E-state index contributed by atoms with van der Waals surface area (Å²) in [5.41, 5.74) is 0.429. The Bertz CT molecular complexity index is 481. The van der Waals surface area contributed by atoms with Crippen molar-refractivity contribution < 1.29 is 24.4 Å². The van der Waals surface area contributed by atoms with Crippen LogP contribution in [0.4, 0.5) is 0 Å². The van der Waals surface area contributed by atoms with E-state index < -0.39 is 30.0 Å². The first-order valence-electron chi connectivity index (χ1n) is 7.55. The number of rotatable bonds is 3. The highest BCUT2D eigenvalue weighted by molar-refractivity contribution is 8.00. The second kappa shape index (κ2) is 6.86. The summed E-state index contributed by atoms with van der Waals surface area (Å²) in [6, 6.07) is 9.56. The van der Waals surface area contributed by atoms with Crippen molar-refractivity contribution in [3.63, 3.8) is 0 Å². The first-order valence-corrected chi connectivity index (χ1v) is 8.49. The molecule has 0 bridgehead atoms. The van der Waals surface area contributed by atoms with Gasteiger partial charge in [0.05, 0.1) is 6.61 Å². The summed E-state index contributed by atoms with van der Waals surface area (Å²) in [4.78, 5) is 0. The summed E-state index contributed by atoms with van der Waals surface area (Å²) >= 11 is 1.50. The summed E-state index contributed by atoms with van der Waals surface area (Å²) in [6.07, 6.45) is -3.44. The Balaban J connectivity index is 1.70. The standard InChI is InChI=1S/C16H22O5S/c1-9(2)22-16-13(18)12(17)14-11(20-16)8-19-15(21-14)10-6-4-3-5-7-10/h3-7,9,11-18H,8H2,1-2H3/t11-,12-,13-,14+,15-,16+/m1/s1. The van der Waals surface area contributed by atoms with E-state index in [2.05, 4.69) is 0 Å². The Morgan fingerprint density at radius 1 is 1.09 bits per heavy atom. The number of aliphatic hydroxyl groups is 2. The summed E-state index contributed by atoms with van der Waals surface area (Å²) in [6.45, 7) is 4.39. The van der Waals surface area contributed by atoms with Crippen molar-refractivity contribution in [1.82, 2.24) is 0 Å². The molecule has 2 aliphatic heterocycles. The first kappa shape index (κ1) is 16.2. The summed E-state index contributed by atoms with van der Waals surface area (Å²) in [7, 11) is 0. The molecule has 1 aromatic carbocycles. The molecule has 2 aliphatic rings. The molecule has 5 nitrogen and oxygen atoms in total. The Morgan fingerprint density at radius 3 is 2.50 bits per heavy atom. The molecule has 0 saturated carbocycles. The van der Waals surface area contributed by atoms with E-state index in [0.29, 0.717) is 11.9 Å². The van der Waals surface area contributed by atoms with E-state index in [1.165, 1.54) is 11.8 Å². The van der Waals surface area contributed by atoms with Crippen molar-refractivity contribution in [2.75, 3.05) is 6.61 Å². The molecule has 122 valence electrons. The lowest BCUT2D eigenvalue weighted by Crippen LogP contribution is -2.61. The fourth-order valence-electron chi connectivity index (χ4n) is 2.74. The molecule has 22 heavy (non-hydrogen) atoms. The zero-order valence-corrected chi connectivity index (χ0v) is 13.5. The quantitative estimate of drug-likeness (QED) is 0.881. The van der Waals surface area contributed by atoms with Crippen LogP contribution < -0.4 is 0 Å². The van der Waals surface area contributed by atoms with E-state index in [1.807, 2.05) is 44.2 Å². The van der Waals surface area contributed by atoms with Gasteiger partial charge in [0.1, 0.15) is 29.9 Å². The van der Waals surface area contributed by atoms with Crippen LogP contribution in [-0.4, -0.2) is 51.9 Å². The third-order valence-electron chi connectivity index (χ3n) is 3.81. The fraction of sp³-hybridized carbons (Fsp3) is 0.625. The van der Waals surface area contributed by atoms with Gasteiger partial charge >= 0.3 is 0 Å². The molecule has 1 aromatic rings. The van der Waals surface area contributed by atoms with Gasteiger partial charge in [-0.1, -0.05) is 44.2 Å². The average Bonchev–Trinajstić information content (AvgIpc) is 2.52. The summed E-state index contributed by atoms with van der Waals surface area (Å²) < 4.78 is 17.4. The Kier molecular flexibility index (Phi) is 5.07. The van der Waals surface area contributed by atoms with E-state index in [1.54, 1.807) is 0 Å². The number of hydrogen-bond donors (Lipinski definition) is 2. The Labute approximate surface area is 134 Å². The molecule has 2 saturated heterocycles. The van der Waals surface area contributed by atoms with Gasteiger partial charge in [0.2, 0.25) is 0 Å². The molecule has 0 radical (unpaired) electrons. The molecule has 0 spiro atoms. The van der Waals surface area contributed by atoms with Crippen LogP contribution in [-0.2, 0) is 14.2 Å². The van der Waals surface area contributed by atoms with Crippen LogP contribution in [0.3, 0.4) is 0 Å². The highest BCUT2D eigenvalue weighted by atomic mass is 32.2. The minimum absolute atomic E-state index is 0.297. The molecule has 0 aliphatic carbocycles. The van der Waals surface area contributed by atoms with Crippen LogP contribution in [0.1, 0.15) is 25.7 Å². The predicted molar refractivity (Wildman–Crippen MR) is 83.4 cm³/mol. The SMILES string of the molecule is CC(C)S[C@@H]1O[C@@H]2CO[C@@H](c3ccccc3)O[C@@H]2[C@H](O)[C@H]1O. The maximum atomic E-state index is 10.4. The van der Waals surface area contributed by atoms with E-state index in [9.17, 15) is 10.2 Å². The van der Waals surface area contributed by atoms with E-state index in [4.69, 9.17) is 14.2 Å². The summed E-state index contributed by atoms with van der Waals surface area (Å²) in [5, 5.41) is 21.0. The molecule has 2 heterocycles. The maximum absolute atomic E-state index is 10.4. The van der Waals surface area contributed by atoms with E-state index in [-0.39, 0.29) is 6.10 Å². The monoisotopic (exact) mass is 326 g/mol. The zero-order chi connectivity index (χ0) is 15.7. The van der Waals surface area contributed by atoms with Gasteiger partial charge in [0.15, 0.2) is 6.29 Å². The van der Waals surface area contributed by atoms with Gasteiger partial charge in [-0.05, 0) is 0 Å². The topological polar surface area (TPSA) is 68.2 Å². The van der Waals surface area contributed by atoms with E-state index >= 15 is 0 Å². The minimum Gasteiger partial charge on any atom is -0.387 e. The third kappa shape index (κ3) is 3.32. The van der Waals surface area contributed by atoms with Gasteiger partial charge in [-0.3, -0.25) is 0 Å². The van der Waals surface area contributed by atoms with Gasteiger partial charge in [0, 0.05) is 10.8 Å². The fourth-order valence-corrected chi connectivity index (χ4v) is 3.80. The van der Waals surface area contributed by atoms with Crippen LogP contribution in [0.25, 0.3) is 0 Å². The number of benzene rings is 1. The molecular weight excluding hydrogens is 304 g/mol. The van der Waals surface area contributed by atoms with Crippen LogP contribution in [0, 0.1) is 0 Å². The molecule has 0 amide bonds. The van der Waals surface area contributed by atoms with Gasteiger partial charge in [0.25, 0.3) is 0 Å². The van der Waals surface area contributed by atoms with Gasteiger partial charge < -0.3 is 24.4 Å². The first-order chi connectivity index (χ1) is 10.6. The lowest BCUT2D eigenvalue weighted by Gasteiger charge is -2.46. The average molecular weight is 326 g/mol. The molecule has 0 aromatic heterocycles. The molecule has 3 rings (SSSR count). The lowest BCUT2D eigenvalue weighted by molar-refractivity contribution is -0.318. The highest BCUT2D eigenvalue weighted by Crippen LogP contribution is 2.37. The van der Waals surface area contributed by atoms with Gasteiger partial charge in [-0.15, -0.1) is 11.8 Å². The molecule has 6 heteroatoms. The van der Waals surface area contributed by atoms with Crippen molar-refractivity contribution in [3.05, 3.63) is 35.9 Å². The molecule has 0 unspecified atom stereocenters. The van der Waals surface area contributed by atoms with Crippen molar-refractivity contribution in [2.24, 2.45) is 0 Å². The smallest absolute Gasteiger partial charge is 0.184 e. The Morgan fingerprint density at radius 2 is 1.82 bits per heavy atom. The second-order valence-corrected chi connectivity index (χ2v) is 7.57. The van der Waals surface area contributed by atoms with Crippen molar-refractivity contribution in [3.8, 4) is 0 Å². The van der Waals surface area contributed by atoms with Crippen LogP contribution >= 0.6 is 11.8 Å². The second-order valence-electron chi connectivity index (χ2n) is 5.89. The maximum Gasteiger partial charge on any atom is 0.184 e. The third-order valence-corrected chi connectivity index (χ3v) is 5.01. The number of aliphatic hydroxyl groups excluding tert-OH is 2. The number of fused-ring (bicyclic) bond motifs is 1. The molecule has 2 N–H and O–H groups in total. The van der Waals surface area contributed by atoms with Crippen molar-refractivity contribution in [2.45, 2.75) is 55.2 Å². The van der Waals surface area contributed by atoms with Gasteiger partial charge in [-0.2, -0.15) is 0 Å². The number of hydrogen-bond acceptors (Lipinski definition) is 6. The minimum atomic E-state index is -0.981. The summed E-state index contributed by atoms with van der Waals surface area (Å²) in [5.74, 6) is 0. The van der Waals surface area contributed by atoms with Crippen LogP contribution in [0.5, 0.6) is 0 Å². The van der Waals surface area contributed by atoms with E-state index in [0.717, 1.165) is 5.56 Å². The van der Waals surface area contributed by atoms with Gasteiger partial charge in [-0.25, -0.2) is 0 Å². The molecule has 2 fully saturated rings. The Hall–Kier alpha value is -0.630. The highest BCUT2D eigenvalue weighted by Gasteiger charge is 2.49. The number of ether oxygens (including phenoxy) is 3. The zero-order valence-electron chi connectivity index (χ0n) is 12.7. The van der Waals surface area contributed by atoms with Crippen LogP contribution in [0.15, 0.2) is 30.3 Å². The van der Waals surface area contributed by atoms with Crippen molar-refractivity contribution >= 4 is 11.8 Å². The molecular formula is C16H22O5S. The largest absolute Gasteiger partial charge is 0.387 e. The van der Waals surface area contributed by atoms with Crippen molar-refractivity contribution in [1.29, 1.82) is 0 Å². The lowest BCUT2D eigenvalue weighted by atomic mass is 9.99. The predicted octanol–water partition coefficient (Wildman–Crippen LogP) is 1.69. The van der Waals surface area contributed by atoms with Crippen LogP contribution in [0.2, 0.25) is 0 Å². The molecule has 6 atom stereocenters. The normalized spacial score (nSPS) is 38.8. The number of thioether (sulfide) groups is 1.